The topological polar surface area (TPSA) is 105 Å². The molecule has 10 heteroatoms. The minimum Gasteiger partial charge on any atom is -0.476 e. The highest BCUT2D eigenvalue weighted by atomic mass is 32.2. The number of carboxylic acids is 1. The number of carboxylic acid groups (broad SMARTS) is 1. The SMILES string of the molecule is CN(Cc1nccn1C)S(=O)(=O)c1scnc1C(=O)O. The molecule has 0 unspecified atom stereocenters. The summed E-state index contributed by atoms with van der Waals surface area (Å²) in [5, 5.41) is 8.95. The van der Waals surface area contributed by atoms with Crippen LogP contribution in [0.3, 0.4) is 0 Å². The van der Waals surface area contributed by atoms with Crippen molar-refractivity contribution in [2.75, 3.05) is 7.05 Å². The number of hydrogen-bond donors (Lipinski definition) is 1. The first kappa shape index (κ1) is 14.6. The van der Waals surface area contributed by atoms with Gasteiger partial charge in [-0.25, -0.2) is 23.2 Å². The van der Waals surface area contributed by atoms with Crippen LogP contribution in [0, 0.1) is 0 Å². The molecule has 0 atom stereocenters. The molecular formula is C10H12N4O4S2. The van der Waals surface area contributed by atoms with Crippen LogP contribution >= 0.6 is 11.3 Å². The highest BCUT2D eigenvalue weighted by Gasteiger charge is 2.30. The number of nitrogens with zero attached hydrogens (tertiary/aromatic N) is 4. The van der Waals surface area contributed by atoms with E-state index < -0.39 is 21.7 Å². The van der Waals surface area contributed by atoms with Crippen LogP contribution in [0.2, 0.25) is 0 Å². The first-order chi connectivity index (χ1) is 9.34. The lowest BCUT2D eigenvalue weighted by Gasteiger charge is -2.15. The monoisotopic (exact) mass is 316 g/mol. The zero-order chi connectivity index (χ0) is 14.9. The van der Waals surface area contributed by atoms with Crippen molar-refractivity contribution >= 4 is 27.3 Å². The van der Waals surface area contributed by atoms with E-state index in [0.717, 1.165) is 15.6 Å². The standard InChI is InChI=1S/C10H12N4O4S2/c1-13-4-3-11-7(13)5-14(2)20(17,18)10-8(9(15)16)12-6-19-10/h3-4,6H,5H2,1-2H3,(H,15,16). The van der Waals surface area contributed by atoms with Gasteiger partial charge in [-0.05, 0) is 0 Å². The summed E-state index contributed by atoms with van der Waals surface area (Å²) in [4.78, 5) is 18.6. The van der Waals surface area contributed by atoms with Crippen molar-refractivity contribution in [1.29, 1.82) is 0 Å². The van der Waals surface area contributed by atoms with Gasteiger partial charge in [-0.1, -0.05) is 0 Å². The molecule has 0 saturated carbocycles. The molecule has 0 bridgehead atoms. The average Bonchev–Trinajstić information content (AvgIpc) is 2.99. The van der Waals surface area contributed by atoms with Crippen molar-refractivity contribution in [3.8, 4) is 0 Å². The third-order valence-corrected chi connectivity index (χ3v) is 5.82. The summed E-state index contributed by atoms with van der Waals surface area (Å²) in [6.07, 6.45) is 3.26. The van der Waals surface area contributed by atoms with E-state index in [1.807, 2.05) is 0 Å². The van der Waals surface area contributed by atoms with E-state index in [-0.39, 0.29) is 10.8 Å². The van der Waals surface area contributed by atoms with Gasteiger partial charge >= 0.3 is 5.97 Å². The van der Waals surface area contributed by atoms with Crippen LogP contribution in [0.4, 0.5) is 0 Å². The second kappa shape index (κ2) is 5.31. The molecule has 0 amide bonds. The molecule has 0 aliphatic heterocycles. The normalized spacial score (nSPS) is 11.9. The number of sulfonamides is 1. The summed E-state index contributed by atoms with van der Waals surface area (Å²) in [5.74, 6) is -0.812. The Morgan fingerprint density at radius 1 is 1.50 bits per heavy atom. The highest BCUT2D eigenvalue weighted by Crippen LogP contribution is 2.24. The molecule has 108 valence electrons. The smallest absolute Gasteiger partial charge is 0.356 e. The van der Waals surface area contributed by atoms with E-state index in [9.17, 15) is 13.2 Å². The Morgan fingerprint density at radius 3 is 2.75 bits per heavy atom. The van der Waals surface area contributed by atoms with Crippen LogP contribution in [0.25, 0.3) is 0 Å². The molecule has 0 saturated heterocycles. The number of aromatic nitrogens is 3. The number of aromatic carboxylic acids is 1. The van der Waals surface area contributed by atoms with Crippen molar-refractivity contribution in [2.24, 2.45) is 7.05 Å². The molecule has 0 aromatic carbocycles. The molecule has 0 spiro atoms. The Hall–Kier alpha value is -1.78. The maximum Gasteiger partial charge on any atom is 0.356 e. The Morgan fingerprint density at radius 2 is 2.20 bits per heavy atom. The van der Waals surface area contributed by atoms with E-state index in [1.54, 1.807) is 24.0 Å². The van der Waals surface area contributed by atoms with Gasteiger partial charge in [0.05, 0.1) is 12.1 Å². The molecule has 2 rings (SSSR count). The second-order valence-electron chi connectivity index (χ2n) is 4.01. The van der Waals surface area contributed by atoms with E-state index in [0.29, 0.717) is 5.82 Å². The molecule has 20 heavy (non-hydrogen) atoms. The minimum absolute atomic E-state index is 0.0444. The Balaban J connectivity index is 2.32. The maximum atomic E-state index is 12.4. The third kappa shape index (κ3) is 2.57. The maximum absolute atomic E-state index is 12.4. The molecule has 0 radical (unpaired) electrons. The van der Waals surface area contributed by atoms with Gasteiger partial charge in [0.2, 0.25) is 0 Å². The van der Waals surface area contributed by atoms with Crippen LogP contribution in [-0.2, 0) is 23.6 Å². The van der Waals surface area contributed by atoms with Gasteiger partial charge in [-0.15, -0.1) is 11.3 Å². The highest BCUT2D eigenvalue weighted by molar-refractivity contribution is 7.91. The van der Waals surface area contributed by atoms with Crippen molar-refractivity contribution in [1.82, 2.24) is 18.8 Å². The van der Waals surface area contributed by atoms with Gasteiger partial charge in [-0.3, -0.25) is 0 Å². The van der Waals surface area contributed by atoms with Gasteiger partial charge < -0.3 is 9.67 Å². The number of rotatable bonds is 5. The van der Waals surface area contributed by atoms with Crippen LogP contribution in [-0.4, -0.2) is 45.4 Å². The predicted octanol–water partition coefficient (Wildman–Crippen LogP) is 0.395. The largest absolute Gasteiger partial charge is 0.476 e. The summed E-state index contributed by atoms with van der Waals surface area (Å²) in [5.41, 5.74) is 0.743. The number of thiazole rings is 1. The van der Waals surface area contributed by atoms with Crippen LogP contribution in [0.1, 0.15) is 16.3 Å². The quantitative estimate of drug-likeness (QED) is 0.855. The lowest BCUT2D eigenvalue weighted by Crippen LogP contribution is -2.28. The number of aryl methyl sites for hydroxylation is 1. The van der Waals surface area contributed by atoms with E-state index in [1.165, 1.54) is 12.6 Å². The third-order valence-electron chi connectivity index (χ3n) is 2.67. The number of carbonyl (C=O) groups is 1. The fourth-order valence-corrected chi connectivity index (χ4v) is 3.99. The lowest BCUT2D eigenvalue weighted by atomic mass is 10.5. The molecular weight excluding hydrogens is 304 g/mol. The molecule has 0 aliphatic carbocycles. The van der Waals surface area contributed by atoms with Crippen molar-refractivity contribution < 1.29 is 18.3 Å². The molecule has 0 fully saturated rings. The second-order valence-corrected chi connectivity index (χ2v) is 7.10. The molecule has 2 aromatic rings. The van der Waals surface area contributed by atoms with Crippen LogP contribution in [0.15, 0.2) is 22.1 Å². The van der Waals surface area contributed by atoms with Gasteiger partial charge in [0.25, 0.3) is 10.0 Å². The molecule has 8 nitrogen and oxygen atoms in total. The van der Waals surface area contributed by atoms with Crippen LogP contribution in [0.5, 0.6) is 0 Å². The first-order valence-electron chi connectivity index (χ1n) is 5.43. The van der Waals surface area contributed by atoms with Gasteiger partial charge in [0, 0.05) is 26.5 Å². The molecule has 0 aliphatic rings. The van der Waals surface area contributed by atoms with Crippen LogP contribution < -0.4 is 0 Å². The Labute approximate surface area is 119 Å². The summed E-state index contributed by atoms with van der Waals surface area (Å²) >= 11 is 0.781. The van der Waals surface area contributed by atoms with Gasteiger partial charge in [0.15, 0.2) is 9.90 Å². The summed E-state index contributed by atoms with van der Waals surface area (Å²) < 4.78 is 27.2. The Kier molecular flexibility index (Phi) is 3.88. The van der Waals surface area contributed by atoms with Crippen molar-refractivity contribution in [3.05, 3.63) is 29.4 Å². The van der Waals surface area contributed by atoms with E-state index >= 15 is 0 Å². The first-order valence-corrected chi connectivity index (χ1v) is 7.75. The minimum atomic E-state index is -3.91. The van der Waals surface area contributed by atoms with Crippen molar-refractivity contribution in [2.45, 2.75) is 10.8 Å². The summed E-state index contributed by atoms with van der Waals surface area (Å²) in [6, 6.07) is 0. The van der Waals surface area contributed by atoms with Gasteiger partial charge in [-0.2, -0.15) is 4.31 Å². The molecule has 2 heterocycles. The zero-order valence-electron chi connectivity index (χ0n) is 10.7. The fraction of sp³-hybridized carbons (Fsp3) is 0.300. The fourth-order valence-electron chi connectivity index (χ4n) is 1.54. The average molecular weight is 316 g/mol. The molecule has 2 aromatic heterocycles. The van der Waals surface area contributed by atoms with E-state index in [2.05, 4.69) is 9.97 Å². The lowest BCUT2D eigenvalue weighted by molar-refractivity contribution is 0.0687. The number of imidazole rings is 1. The predicted molar refractivity (Wildman–Crippen MR) is 70.9 cm³/mol. The summed E-state index contributed by atoms with van der Waals surface area (Å²) in [7, 11) is -0.790. The van der Waals surface area contributed by atoms with E-state index in [4.69, 9.17) is 5.11 Å². The summed E-state index contributed by atoms with van der Waals surface area (Å²) in [6.45, 7) is 0.0444. The van der Waals surface area contributed by atoms with Gasteiger partial charge in [0.1, 0.15) is 5.82 Å². The van der Waals surface area contributed by atoms with Crippen molar-refractivity contribution in [3.63, 3.8) is 0 Å². The molecule has 1 N–H and O–H groups in total. The Bertz CT molecular complexity index is 734. The number of hydrogen-bond acceptors (Lipinski definition) is 6. The zero-order valence-corrected chi connectivity index (χ0v) is 12.3.